The normalized spacial score (nSPS) is 9.33. The Morgan fingerprint density at radius 2 is 1.75 bits per heavy atom. The first-order valence-electron chi connectivity index (χ1n) is 3.24. The number of hydrogen-bond donors (Lipinski definition) is 1. The van der Waals surface area contributed by atoms with Crippen molar-refractivity contribution in [2.45, 2.75) is 0 Å². The second-order valence-corrected chi connectivity index (χ2v) is 2.09. The fourth-order valence-corrected chi connectivity index (χ4v) is 0.736. The molecule has 0 aliphatic carbocycles. The summed E-state index contributed by atoms with van der Waals surface area (Å²) in [4.78, 5) is 9.91. The van der Waals surface area contributed by atoms with Gasteiger partial charge >= 0.3 is 29.6 Å². The first-order chi connectivity index (χ1) is 5.33. The predicted molar refractivity (Wildman–Crippen MR) is 50.4 cm³/mol. The van der Waals surface area contributed by atoms with E-state index in [1.807, 2.05) is 0 Å². The first-order valence-corrected chi connectivity index (χ1v) is 3.24. The van der Waals surface area contributed by atoms with Crippen LogP contribution in [0.5, 0.6) is 5.75 Å². The average molecular weight is 172 g/mol. The van der Waals surface area contributed by atoms with E-state index in [0.29, 0.717) is 6.29 Å². The van der Waals surface area contributed by atoms with Gasteiger partial charge in [0.2, 0.25) is 0 Å². The SMILES string of the molecule is O=CC=Cc1ccc(O)cc1.[NaH]. The van der Waals surface area contributed by atoms with E-state index in [9.17, 15) is 4.79 Å². The molecule has 0 bridgehead atoms. The van der Waals surface area contributed by atoms with Gasteiger partial charge in [0.05, 0.1) is 0 Å². The van der Waals surface area contributed by atoms with Crippen molar-refractivity contribution < 1.29 is 9.90 Å². The third-order valence-electron chi connectivity index (χ3n) is 1.26. The third kappa shape index (κ3) is 3.72. The molecule has 0 aromatic heterocycles. The molecule has 0 aliphatic rings. The van der Waals surface area contributed by atoms with Crippen LogP contribution in [-0.4, -0.2) is 40.9 Å². The van der Waals surface area contributed by atoms with Gasteiger partial charge in [0.15, 0.2) is 0 Å². The van der Waals surface area contributed by atoms with Crippen LogP contribution in [0.1, 0.15) is 5.56 Å². The van der Waals surface area contributed by atoms with Gasteiger partial charge in [-0.2, -0.15) is 0 Å². The molecule has 0 amide bonds. The standard InChI is InChI=1S/C9H8O2.Na.H/c10-7-1-2-8-3-5-9(11)6-4-8;;/h1-7,11H;;. The number of aldehydes is 1. The molecular formula is C9H9NaO2. The third-order valence-corrected chi connectivity index (χ3v) is 1.26. The zero-order valence-electron chi connectivity index (χ0n) is 5.90. The van der Waals surface area contributed by atoms with Gasteiger partial charge in [0.25, 0.3) is 0 Å². The topological polar surface area (TPSA) is 37.3 Å². The van der Waals surface area contributed by atoms with Gasteiger partial charge in [-0.15, -0.1) is 0 Å². The molecule has 1 rings (SSSR count). The summed E-state index contributed by atoms with van der Waals surface area (Å²) in [6.07, 6.45) is 3.80. The minimum absolute atomic E-state index is 0. The van der Waals surface area contributed by atoms with E-state index in [1.165, 1.54) is 6.08 Å². The Bertz CT molecular complexity index is 264. The Kier molecular flexibility index (Phi) is 5.72. The summed E-state index contributed by atoms with van der Waals surface area (Å²) in [5, 5.41) is 8.89. The van der Waals surface area contributed by atoms with Crippen LogP contribution in [0.15, 0.2) is 30.3 Å². The van der Waals surface area contributed by atoms with Gasteiger partial charge in [-0.3, -0.25) is 4.79 Å². The maximum atomic E-state index is 9.91. The van der Waals surface area contributed by atoms with E-state index in [-0.39, 0.29) is 35.3 Å². The molecule has 0 atom stereocenters. The van der Waals surface area contributed by atoms with Crippen LogP contribution in [0.2, 0.25) is 0 Å². The first kappa shape index (κ1) is 11.4. The van der Waals surface area contributed by atoms with Gasteiger partial charge in [0.1, 0.15) is 12.0 Å². The van der Waals surface area contributed by atoms with E-state index < -0.39 is 0 Å². The zero-order chi connectivity index (χ0) is 8.10. The van der Waals surface area contributed by atoms with Crippen LogP contribution in [0.25, 0.3) is 6.08 Å². The van der Waals surface area contributed by atoms with Crippen molar-refractivity contribution in [3.63, 3.8) is 0 Å². The van der Waals surface area contributed by atoms with Crippen LogP contribution in [0.3, 0.4) is 0 Å². The second kappa shape index (κ2) is 6.00. The fourth-order valence-electron chi connectivity index (χ4n) is 0.736. The van der Waals surface area contributed by atoms with E-state index in [4.69, 9.17) is 5.11 Å². The summed E-state index contributed by atoms with van der Waals surface area (Å²) in [7, 11) is 0. The molecule has 0 saturated carbocycles. The molecule has 0 saturated heterocycles. The number of phenolic OH excluding ortho intramolecular Hbond substituents is 1. The van der Waals surface area contributed by atoms with Crippen molar-refractivity contribution in [2.24, 2.45) is 0 Å². The molecule has 0 fully saturated rings. The molecule has 12 heavy (non-hydrogen) atoms. The number of benzene rings is 1. The van der Waals surface area contributed by atoms with Crippen LogP contribution < -0.4 is 0 Å². The summed E-state index contributed by atoms with van der Waals surface area (Å²) in [5.41, 5.74) is 0.898. The average Bonchev–Trinajstić information content (AvgIpc) is 2.04. The predicted octanol–water partition coefficient (Wildman–Crippen LogP) is 0.956. The number of phenols is 1. The van der Waals surface area contributed by atoms with E-state index in [0.717, 1.165) is 5.56 Å². The monoisotopic (exact) mass is 172 g/mol. The Hall–Kier alpha value is -0.570. The van der Waals surface area contributed by atoms with E-state index in [2.05, 4.69) is 0 Å². The molecule has 0 radical (unpaired) electrons. The van der Waals surface area contributed by atoms with Gasteiger partial charge in [0, 0.05) is 0 Å². The maximum absolute atomic E-state index is 9.91. The molecule has 0 spiro atoms. The van der Waals surface area contributed by atoms with Crippen molar-refractivity contribution >= 4 is 41.9 Å². The van der Waals surface area contributed by atoms with Crippen molar-refractivity contribution in [1.29, 1.82) is 0 Å². The molecule has 0 heterocycles. The van der Waals surface area contributed by atoms with Gasteiger partial charge in [-0.25, -0.2) is 0 Å². The van der Waals surface area contributed by atoms with Gasteiger partial charge in [-0.1, -0.05) is 18.2 Å². The van der Waals surface area contributed by atoms with Crippen molar-refractivity contribution in [3.8, 4) is 5.75 Å². The van der Waals surface area contributed by atoms with E-state index in [1.54, 1.807) is 30.3 Å². The van der Waals surface area contributed by atoms with Crippen molar-refractivity contribution in [1.82, 2.24) is 0 Å². The van der Waals surface area contributed by atoms with E-state index >= 15 is 0 Å². The molecule has 0 aliphatic heterocycles. The summed E-state index contributed by atoms with van der Waals surface area (Å²) >= 11 is 0. The Labute approximate surface area is 93.2 Å². The number of aromatic hydroxyl groups is 1. The van der Waals surface area contributed by atoms with Crippen LogP contribution in [0.4, 0.5) is 0 Å². The molecule has 1 aromatic carbocycles. The van der Waals surface area contributed by atoms with Crippen LogP contribution >= 0.6 is 0 Å². The fraction of sp³-hybridized carbons (Fsp3) is 0. The summed E-state index contributed by atoms with van der Waals surface area (Å²) in [5.74, 6) is 0.230. The number of carbonyl (C=O) groups excluding carboxylic acids is 1. The molecule has 3 heteroatoms. The van der Waals surface area contributed by atoms with Crippen molar-refractivity contribution in [3.05, 3.63) is 35.9 Å². The summed E-state index contributed by atoms with van der Waals surface area (Å²) in [6.45, 7) is 0. The Morgan fingerprint density at radius 3 is 2.25 bits per heavy atom. The molecule has 1 aromatic rings. The minimum atomic E-state index is 0. The quantitative estimate of drug-likeness (QED) is 0.410. The number of allylic oxidation sites excluding steroid dienone is 1. The van der Waals surface area contributed by atoms with Crippen LogP contribution in [0, 0.1) is 0 Å². The molecular weight excluding hydrogens is 163 g/mol. The zero-order valence-corrected chi connectivity index (χ0v) is 5.90. The molecule has 0 unspecified atom stereocenters. The van der Waals surface area contributed by atoms with Crippen LogP contribution in [-0.2, 0) is 4.79 Å². The molecule has 58 valence electrons. The summed E-state index contributed by atoms with van der Waals surface area (Å²) in [6, 6.07) is 6.61. The number of hydrogen-bond acceptors (Lipinski definition) is 2. The molecule has 2 nitrogen and oxygen atoms in total. The second-order valence-electron chi connectivity index (χ2n) is 2.09. The summed E-state index contributed by atoms with van der Waals surface area (Å²) < 4.78 is 0. The Morgan fingerprint density at radius 1 is 1.17 bits per heavy atom. The number of rotatable bonds is 2. The molecule has 1 N–H and O–H groups in total. The van der Waals surface area contributed by atoms with Gasteiger partial charge in [-0.05, 0) is 23.8 Å². The van der Waals surface area contributed by atoms with Gasteiger partial charge < -0.3 is 5.11 Å². The Balaban J connectivity index is 0.00000121. The van der Waals surface area contributed by atoms with Crippen molar-refractivity contribution in [2.75, 3.05) is 0 Å². The number of carbonyl (C=O) groups is 1.